The van der Waals surface area contributed by atoms with Gasteiger partial charge in [0.05, 0.1) is 18.1 Å². The quantitative estimate of drug-likeness (QED) is 0.628. The van der Waals surface area contributed by atoms with Crippen LogP contribution in [-0.4, -0.2) is 5.84 Å². The molecule has 0 atom stereocenters. The lowest BCUT2D eigenvalue weighted by Crippen LogP contribution is -2.11. The molecule has 11 heavy (non-hydrogen) atoms. The summed E-state index contributed by atoms with van der Waals surface area (Å²) in [5, 5.41) is 3.24. The van der Waals surface area contributed by atoms with E-state index in [1.54, 1.807) is 0 Å². The summed E-state index contributed by atoms with van der Waals surface area (Å²) in [6, 6.07) is 2.18. The van der Waals surface area contributed by atoms with Crippen LogP contribution in [0.25, 0.3) is 0 Å². The fourth-order valence-electron chi connectivity index (χ4n) is 1.21. The van der Waals surface area contributed by atoms with Crippen LogP contribution in [0.1, 0.15) is 16.7 Å². The summed E-state index contributed by atoms with van der Waals surface area (Å²) in [6.45, 7) is 4.97. The standard InChI is InChI=1S/C8H10N2S/c1-5-3-7-8(11-5)4-9-6(2)10-7/h3H,4H2,1-2H3,(H,9,10). The molecule has 58 valence electrons. The monoisotopic (exact) mass is 166 g/mol. The fourth-order valence-corrected chi connectivity index (χ4v) is 2.13. The van der Waals surface area contributed by atoms with E-state index in [-0.39, 0.29) is 0 Å². The van der Waals surface area contributed by atoms with Gasteiger partial charge in [0.2, 0.25) is 0 Å². The van der Waals surface area contributed by atoms with Crippen molar-refractivity contribution in [2.75, 3.05) is 5.32 Å². The molecule has 0 aliphatic carbocycles. The molecule has 0 saturated heterocycles. The predicted octanol–water partition coefficient (Wildman–Crippen LogP) is 2.40. The molecule has 0 aromatic carbocycles. The first kappa shape index (κ1) is 6.85. The predicted molar refractivity (Wildman–Crippen MR) is 49.5 cm³/mol. The lowest BCUT2D eigenvalue weighted by molar-refractivity contribution is 1.08. The normalized spacial score (nSPS) is 15.3. The average Bonchev–Trinajstić information content (AvgIpc) is 2.27. The second-order valence-electron chi connectivity index (χ2n) is 2.72. The molecule has 2 heterocycles. The lowest BCUT2D eigenvalue weighted by Gasteiger charge is -2.10. The number of nitrogens with zero attached hydrogens (tertiary/aromatic N) is 1. The van der Waals surface area contributed by atoms with Gasteiger partial charge in [-0.3, -0.25) is 4.99 Å². The zero-order chi connectivity index (χ0) is 7.84. The van der Waals surface area contributed by atoms with Crippen molar-refractivity contribution < 1.29 is 0 Å². The molecule has 0 radical (unpaired) electrons. The van der Waals surface area contributed by atoms with E-state index in [2.05, 4.69) is 23.3 Å². The molecule has 1 N–H and O–H groups in total. The van der Waals surface area contributed by atoms with Crippen LogP contribution in [0, 0.1) is 6.92 Å². The third-order valence-corrected chi connectivity index (χ3v) is 2.74. The SMILES string of the molecule is CC1=NCc2sc(C)cc2N1. The molecule has 0 fully saturated rings. The van der Waals surface area contributed by atoms with Crippen LogP contribution in [0.2, 0.25) is 0 Å². The smallest absolute Gasteiger partial charge is 0.0980 e. The summed E-state index contributed by atoms with van der Waals surface area (Å²) in [5.41, 5.74) is 1.25. The van der Waals surface area contributed by atoms with Crippen molar-refractivity contribution in [2.45, 2.75) is 20.4 Å². The van der Waals surface area contributed by atoms with Crippen LogP contribution in [-0.2, 0) is 6.54 Å². The molecule has 1 aliphatic heterocycles. The van der Waals surface area contributed by atoms with Gasteiger partial charge in [0.25, 0.3) is 0 Å². The van der Waals surface area contributed by atoms with E-state index in [0.29, 0.717) is 0 Å². The van der Waals surface area contributed by atoms with Gasteiger partial charge in [-0.2, -0.15) is 0 Å². The number of anilines is 1. The van der Waals surface area contributed by atoms with E-state index in [1.165, 1.54) is 15.4 Å². The zero-order valence-corrected chi connectivity index (χ0v) is 7.46. The van der Waals surface area contributed by atoms with Crippen molar-refractivity contribution in [3.05, 3.63) is 15.8 Å². The minimum absolute atomic E-state index is 0.854. The molecule has 0 saturated carbocycles. The van der Waals surface area contributed by atoms with E-state index >= 15 is 0 Å². The molecule has 0 spiro atoms. The maximum Gasteiger partial charge on any atom is 0.0980 e. The van der Waals surface area contributed by atoms with Crippen LogP contribution in [0.3, 0.4) is 0 Å². The van der Waals surface area contributed by atoms with Crippen molar-refractivity contribution in [1.82, 2.24) is 0 Å². The number of hydrogen-bond donors (Lipinski definition) is 1. The molecule has 0 bridgehead atoms. The van der Waals surface area contributed by atoms with Crippen LogP contribution >= 0.6 is 11.3 Å². The minimum Gasteiger partial charge on any atom is -0.343 e. The average molecular weight is 166 g/mol. The van der Waals surface area contributed by atoms with Crippen molar-refractivity contribution in [3.8, 4) is 0 Å². The van der Waals surface area contributed by atoms with Gasteiger partial charge >= 0.3 is 0 Å². The van der Waals surface area contributed by atoms with Crippen molar-refractivity contribution in [2.24, 2.45) is 4.99 Å². The number of amidine groups is 1. The van der Waals surface area contributed by atoms with Gasteiger partial charge in [-0.05, 0) is 19.9 Å². The highest BCUT2D eigenvalue weighted by Crippen LogP contribution is 2.29. The molecule has 2 rings (SSSR count). The molecule has 0 amide bonds. The Balaban J connectivity index is 2.40. The number of aliphatic imine (C=N–C) groups is 1. The Hall–Kier alpha value is -0.830. The number of fused-ring (bicyclic) bond motifs is 1. The second-order valence-corrected chi connectivity index (χ2v) is 4.06. The summed E-state index contributed by atoms with van der Waals surface area (Å²) >= 11 is 1.82. The van der Waals surface area contributed by atoms with Gasteiger partial charge in [0, 0.05) is 9.75 Å². The van der Waals surface area contributed by atoms with E-state index in [4.69, 9.17) is 0 Å². The number of aryl methyl sites for hydroxylation is 1. The third-order valence-electron chi connectivity index (χ3n) is 1.71. The minimum atomic E-state index is 0.854. The Bertz CT molecular complexity index is 312. The first-order valence-electron chi connectivity index (χ1n) is 3.63. The highest BCUT2D eigenvalue weighted by atomic mass is 32.1. The summed E-state index contributed by atoms with van der Waals surface area (Å²) in [4.78, 5) is 7.01. The van der Waals surface area contributed by atoms with Gasteiger partial charge in [-0.1, -0.05) is 0 Å². The zero-order valence-electron chi connectivity index (χ0n) is 6.64. The van der Waals surface area contributed by atoms with Crippen LogP contribution < -0.4 is 5.32 Å². The molecule has 1 aliphatic rings. The van der Waals surface area contributed by atoms with E-state index in [9.17, 15) is 0 Å². The number of thiophene rings is 1. The third kappa shape index (κ3) is 1.16. The first-order chi connectivity index (χ1) is 5.25. The van der Waals surface area contributed by atoms with Gasteiger partial charge in [0.1, 0.15) is 0 Å². The Morgan fingerprint density at radius 2 is 2.36 bits per heavy atom. The Kier molecular flexibility index (Phi) is 1.46. The largest absolute Gasteiger partial charge is 0.343 e. The highest BCUT2D eigenvalue weighted by molar-refractivity contribution is 7.12. The molecule has 3 heteroatoms. The van der Waals surface area contributed by atoms with Gasteiger partial charge in [-0.25, -0.2) is 0 Å². The van der Waals surface area contributed by atoms with Gasteiger partial charge in [0.15, 0.2) is 0 Å². The number of rotatable bonds is 0. The maximum absolute atomic E-state index is 4.30. The van der Waals surface area contributed by atoms with E-state index in [0.717, 1.165) is 12.4 Å². The fraction of sp³-hybridized carbons (Fsp3) is 0.375. The van der Waals surface area contributed by atoms with Crippen LogP contribution in [0.15, 0.2) is 11.1 Å². The molecule has 1 aromatic heterocycles. The Labute approximate surface area is 70.0 Å². The number of hydrogen-bond acceptors (Lipinski definition) is 3. The molecule has 2 nitrogen and oxygen atoms in total. The van der Waals surface area contributed by atoms with Crippen LogP contribution in [0.4, 0.5) is 5.69 Å². The van der Waals surface area contributed by atoms with E-state index < -0.39 is 0 Å². The number of nitrogens with one attached hydrogen (secondary N) is 1. The highest BCUT2D eigenvalue weighted by Gasteiger charge is 2.10. The lowest BCUT2D eigenvalue weighted by atomic mass is 10.3. The molecule has 0 unspecified atom stereocenters. The van der Waals surface area contributed by atoms with Crippen molar-refractivity contribution in [3.63, 3.8) is 0 Å². The van der Waals surface area contributed by atoms with Gasteiger partial charge in [-0.15, -0.1) is 11.3 Å². The van der Waals surface area contributed by atoms with Gasteiger partial charge < -0.3 is 5.32 Å². The Morgan fingerprint density at radius 1 is 1.55 bits per heavy atom. The topological polar surface area (TPSA) is 24.4 Å². The maximum atomic E-state index is 4.30. The summed E-state index contributed by atoms with van der Waals surface area (Å²) < 4.78 is 0. The van der Waals surface area contributed by atoms with Crippen molar-refractivity contribution >= 4 is 22.9 Å². The van der Waals surface area contributed by atoms with Crippen LogP contribution in [0.5, 0.6) is 0 Å². The Morgan fingerprint density at radius 3 is 3.18 bits per heavy atom. The molecular weight excluding hydrogens is 156 g/mol. The molecule has 1 aromatic rings. The molecular formula is C8H10N2S. The summed E-state index contributed by atoms with van der Waals surface area (Å²) in [5.74, 6) is 1.02. The first-order valence-corrected chi connectivity index (χ1v) is 4.45. The summed E-state index contributed by atoms with van der Waals surface area (Å²) in [6.07, 6.45) is 0. The summed E-state index contributed by atoms with van der Waals surface area (Å²) in [7, 11) is 0. The van der Waals surface area contributed by atoms with E-state index in [1.807, 2.05) is 18.3 Å². The second kappa shape index (κ2) is 2.34. The van der Waals surface area contributed by atoms with Crippen molar-refractivity contribution in [1.29, 1.82) is 0 Å².